The van der Waals surface area contributed by atoms with Gasteiger partial charge in [0.1, 0.15) is 0 Å². The molecule has 1 N–H and O–H groups in total. The molecule has 158 valence electrons. The van der Waals surface area contributed by atoms with Gasteiger partial charge in [0.2, 0.25) is 0 Å². The van der Waals surface area contributed by atoms with Gasteiger partial charge < -0.3 is 15.0 Å². The summed E-state index contributed by atoms with van der Waals surface area (Å²) in [5.41, 5.74) is 1.44. The van der Waals surface area contributed by atoms with Gasteiger partial charge in [-0.2, -0.15) is 0 Å². The molecule has 0 amide bonds. The number of nitrogens with zero attached hydrogens (tertiary/aromatic N) is 3. The third-order valence-corrected chi connectivity index (χ3v) is 5.92. The highest BCUT2D eigenvalue weighted by atomic mass is 127. The SMILES string of the molecule is CN=C(NCC(C(C)C)N1CCOCC1)N1CCC(Cc2ccccc2)C1.I. The zero-order valence-electron chi connectivity index (χ0n) is 17.6. The number of guanidine groups is 1. The fraction of sp³-hybridized carbons (Fsp3) is 0.682. The average molecular weight is 500 g/mol. The van der Waals surface area contributed by atoms with E-state index < -0.39 is 0 Å². The van der Waals surface area contributed by atoms with Crippen molar-refractivity contribution in [3.63, 3.8) is 0 Å². The average Bonchev–Trinajstić information content (AvgIpc) is 3.14. The largest absolute Gasteiger partial charge is 0.379 e. The number of hydrogen-bond donors (Lipinski definition) is 1. The van der Waals surface area contributed by atoms with Crippen LogP contribution >= 0.6 is 24.0 Å². The normalized spacial score (nSPS) is 22.2. The van der Waals surface area contributed by atoms with Crippen LogP contribution in [0.5, 0.6) is 0 Å². The minimum atomic E-state index is 0. The third kappa shape index (κ3) is 6.59. The van der Waals surface area contributed by atoms with Gasteiger partial charge in [-0.3, -0.25) is 9.89 Å². The Bertz CT molecular complexity index is 589. The van der Waals surface area contributed by atoms with Crippen molar-refractivity contribution in [2.75, 3.05) is 53.0 Å². The molecule has 0 radical (unpaired) electrons. The quantitative estimate of drug-likeness (QED) is 0.370. The lowest BCUT2D eigenvalue weighted by atomic mass is 9.99. The first-order chi connectivity index (χ1) is 13.2. The van der Waals surface area contributed by atoms with Gasteiger partial charge >= 0.3 is 0 Å². The highest BCUT2D eigenvalue weighted by Crippen LogP contribution is 2.21. The lowest BCUT2D eigenvalue weighted by Gasteiger charge is -2.37. The summed E-state index contributed by atoms with van der Waals surface area (Å²) in [7, 11) is 1.91. The zero-order chi connectivity index (χ0) is 19.1. The van der Waals surface area contributed by atoms with Crippen LogP contribution in [0.25, 0.3) is 0 Å². The molecule has 2 heterocycles. The van der Waals surface area contributed by atoms with Crippen molar-refractivity contribution in [2.45, 2.75) is 32.7 Å². The molecular weight excluding hydrogens is 463 g/mol. The van der Waals surface area contributed by atoms with Gasteiger partial charge in [-0.15, -0.1) is 24.0 Å². The molecule has 0 spiro atoms. The van der Waals surface area contributed by atoms with Crippen LogP contribution in [0.2, 0.25) is 0 Å². The van der Waals surface area contributed by atoms with Crippen molar-refractivity contribution in [1.82, 2.24) is 15.1 Å². The lowest BCUT2D eigenvalue weighted by molar-refractivity contribution is 0.00742. The summed E-state index contributed by atoms with van der Waals surface area (Å²) in [5, 5.41) is 3.67. The van der Waals surface area contributed by atoms with Crippen LogP contribution in [0.4, 0.5) is 0 Å². The summed E-state index contributed by atoms with van der Waals surface area (Å²) in [6.45, 7) is 11.5. The smallest absolute Gasteiger partial charge is 0.193 e. The number of halogens is 1. The zero-order valence-corrected chi connectivity index (χ0v) is 20.0. The number of nitrogens with one attached hydrogen (secondary N) is 1. The van der Waals surface area contributed by atoms with Gasteiger partial charge in [0.25, 0.3) is 0 Å². The van der Waals surface area contributed by atoms with Gasteiger partial charge in [0, 0.05) is 45.8 Å². The van der Waals surface area contributed by atoms with Gasteiger partial charge in [-0.1, -0.05) is 44.2 Å². The molecule has 1 aromatic rings. The fourth-order valence-electron chi connectivity index (χ4n) is 4.36. The maximum atomic E-state index is 5.52. The van der Waals surface area contributed by atoms with E-state index in [9.17, 15) is 0 Å². The van der Waals surface area contributed by atoms with Gasteiger partial charge in [0.15, 0.2) is 5.96 Å². The van der Waals surface area contributed by atoms with E-state index >= 15 is 0 Å². The number of ether oxygens (including phenoxy) is 1. The summed E-state index contributed by atoms with van der Waals surface area (Å²) >= 11 is 0. The number of morpholine rings is 1. The fourth-order valence-corrected chi connectivity index (χ4v) is 4.36. The second-order valence-corrected chi connectivity index (χ2v) is 8.18. The molecule has 2 aliphatic rings. The topological polar surface area (TPSA) is 40.1 Å². The van der Waals surface area contributed by atoms with Crippen molar-refractivity contribution >= 4 is 29.9 Å². The molecular formula is C22H37IN4O. The van der Waals surface area contributed by atoms with Crippen LogP contribution in [-0.4, -0.2) is 74.8 Å². The second kappa shape index (κ2) is 12.0. The Morgan fingerprint density at radius 3 is 2.54 bits per heavy atom. The van der Waals surface area contributed by atoms with Crippen molar-refractivity contribution < 1.29 is 4.74 Å². The van der Waals surface area contributed by atoms with Gasteiger partial charge in [0.05, 0.1) is 13.2 Å². The summed E-state index contributed by atoms with van der Waals surface area (Å²) in [5.74, 6) is 2.38. The highest BCUT2D eigenvalue weighted by molar-refractivity contribution is 14.0. The Kier molecular flexibility index (Phi) is 10.0. The molecule has 2 saturated heterocycles. The van der Waals surface area contributed by atoms with Crippen molar-refractivity contribution in [3.8, 4) is 0 Å². The predicted molar refractivity (Wildman–Crippen MR) is 128 cm³/mol. The monoisotopic (exact) mass is 500 g/mol. The number of aliphatic imine (C=N–C) groups is 1. The molecule has 6 heteroatoms. The Morgan fingerprint density at radius 1 is 1.18 bits per heavy atom. The van der Waals surface area contributed by atoms with Crippen molar-refractivity contribution in [1.29, 1.82) is 0 Å². The number of likely N-dealkylation sites (tertiary alicyclic amines) is 1. The Hall–Kier alpha value is -0.860. The minimum Gasteiger partial charge on any atom is -0.379 e. The third-order valence-electron chi connectivity index (χ3n) is 5.92. The van der Waals surface area contributed by atoms with E-state index in [-0.39, 0.29) is 24.0 Å². The van der Waals surface area contributed by atoms with Crippen LogP contribution in [0.1, 0.15) is 25.8 Å². The molecule has 0 bridgehead atoms. The van der Waals surface area contributed by atoms with Crippen LogP contribution in [0, 0.1) is 11.8 Å². The summed E-state index contributed by atoms with van der Waals surface area (Å²) < 4.78 is 5.52. The van der Waals surface area contributed by atoms with Crippen molar-refractivity contribution in [2.24, 2.45) is 16.8 Å². The summed E-state index contributed by atoms with van der Waals surface area (Å²) in [6, 6.07) is 11.4. The minimum absolute atomic E-state index is 0. The van der Waals surface area contributed by atoms with E-state index in [0.29, 0.717) is 17.9 Å². The highest BCUT2D eigenvalue weighted by Gasteiger charge is 2.27. The first-order valence-electron chi connectivity index (χ1n) is 10.5. The molecule has 2 fully saturated rings. The molecule has 2 aliphatic heterocycles. The van der Waals surface area contributed by atoms with E-state index in [1.54, 1.807) is 0 Å². The van der Waals surface area contributed by atoms with Gasteiger partial charge in [-0.05, 0) is 30.2 Å². The molecule has 2 unspecified atom stereocenters. The van der Waals surface area contributed by atoms with E-state index in [4.69, 9.17) is 4.74 Å². The molecule has 0 aliphatic carbocycles. The summed E-state index contributed by atoms with van der Waals surface area (Å²) in [4.78, 5) is 9.58. The van der Waals surface area contributed by atoms with Crippen LogP contribution < -0.4 is 5.32 Å². The van der Waals surface area contributed by atoms with Crippen LogP contribution in [0.3, 0.4) is 0 Å². The molecule has 0 aromatic heterocycles. The molecule has 3 rings (SSSR count). The van der Waals surface area contributed by atoms with E-state index in [2.05, 4.69) is 64.3 Å². The lowest BCUT2D eigenvalue weighted by Crippen LogP contribution is -2.53. The van der Waals surface area contributed by atoms with Crippen molar-refractivity contribution in [3.05, 3.63) is 35.9 Å². The first kappa shape index (κ1) is 23.4. The molecule has 0 saturated carbocycles. The maximum absolute atomic E-state index is 5.52. The number of benzene rings is 1. The summed E-state index contributed by atoms with van der Waals surface area (Å²) in [6.07, 6.45) is 2.41. The Morgan fingerprint density at radius 2 is 1.89 bits per heavy atom. The molecule has 1 aromatic carbocycles. The number of hydrogen-bond acceptors (Lipinski definition) is 3. The molecule has 28 heavy (non-hydrogen) atoms. The van der Waals surface area contributed by atoms with Crippen LogP contribution in [-0.2, 0) is 11.2 Å². The second-order valence-electron chi connectivity index (χ2n) is 8.18. The Labute approximate surface area is 187 Å². The molecule has 2 atom stereocenters. The standard InChI is InChI=1S/C22H36N4O.HI/c1-18(2)21(25-11-13-27-14-12-25)16-24-22(23-3)26-10-9-20(17-26)15-19-7-5-4-6-8-19;/h4-8,18,20-21H,9-17H2,1-3H3,(H,23,24);1H. The maximum Gasteiger partial charge on any atom is 0.193 e. The van der Waals surface area contributed by atoms with E-state index in [1.165, 1.54) is 12.0 Å². The van der Waals surface area contributed by atoms with Crippen LogP contribution in [0.15, 0.2) is 35.3 Å². The number of rotatable bonds is 6. The Balaban J connectivity index is 0.00000280. The van der Waals surface area contributed by atoms with E-state index in [1.807, 2.05) is 7.05 Å². The predicted octanol–water partition coefficient (Wildman–Crippen LogP) is 3.10. The first-order valence-corrected chi connectivity index (χ1v) is 10.5. The van der Waals surface area contributed by atoms with Gasteiger partial charge in [-0.25, -0.2) is 0 Å². The molecule has 5 nitrogen and oxygen atoms in total. The van der Waals surface area contributed by atoms with E-state index in [0.717, 1.165) is 58.3 Å².